The molecule has 2 rings (SSSR count). The molecule has 0 aliphatic carbocycles. The van der Waals surface area contributed by atoms with Crippen molar-refractivity contribution in [2.24, 2.45) is 4.99 Å². The van der Waals surface area contributed by atoms with Crippen molar-refractivity contribution in [1.82, 2.24) is 4.98 Å². The number of ether oxygens (including phenoxy) is 1. The summed E-state index contributed by atoms with van der Waals surface area (Å²) in [5.41, 5.74) is 0.977. The maximum Gasteiger partial charge on any atom is 0.120 e. The van der Waals surface area contributed by atoms with Gasteiger partial charge in [0.1, 0.15) is 5.75 Å². The second-order valence-electron chi connectivity index (χ2n) is 3.53. The zero-order valence-electron chi connectivity index (χ0n) is 9.30. The van der Waals surface area contributed by atoms with Crippen LogP contribution in [-0.4, -0.2) is 23.3 Å². The number of aliphatic imine (C=N–C) groups is 1. The third-order valence-corrected chi connectivity index (χ3v) is 2.45. The van der Waals surface area contributed by atoms with Gasteiger partial charge in [0.2, 0.25) is 0 Å². The molecule has 1 aromatic heterocycles. The molecule has 0 bridgehead atoms. The highest BCUT2D eigenvalue weighted by Gasteiger charge is 1.97. The van der Waals surface area contributed by atoms with Crippen molar-refractivity contribution in [2.75, 3.05) is 13.2 Å². The van der Waals surface area contributed by atoms with Crippen LogP contribution in [0.3, 0.4) is 0 Å². The minimum Gasteiger partial charge on any atom is -0.494 e. The van der Waals surface area contributed by atoms with Crippen molar-refractivity contribution in [1.29, 1.82) is 0 Å². The minimum absolute atomic E-state index is 0.631. The first-order valence-corrected chi connectivity index (χ1v) is 5.82. The number of pyridine rings is 1. The van der Waals surface area contributed by atoms with Gasteiger partial charge in [-0.3, -0.25) is 4.98 Å². The Labute approximate surface area is 105 Å². The summed E-state index contributed by atoms with van der Waals surface area (Å²) < 4.78 is 5.61. The highest BCUT2D eigenvalue weighted by Crippen LogP contribution is 2.18. The van der Waals surface area contributed by atoms with Crippen LogP contribution in [0, 0.1) is 0 Å². The van der Waals surface area contributed by atoms with Crippen LogP contribution in [0.5, 0.6) is 5.75 Å². The Morgan fingerprint density at radius 1 is 1.35 bits per heavy atom. The van der Waals surface area contributed by atoms with Gasteiger partial charge >= 0.3 is 0 Å². The van der Waals surface area contributed by atoms with Gasteiger partial charge in [-0.1, -0.05) is 6.07 Å². The van der Waals surface area contributed by atoms with Gasteiger partial charge in [-0.25, -0.2) is 4.99 Å². The van der Waals surface area contributed by atoms with Gasteiger partial charge in [-0.15, -0.1) is 0 Å². The first-order chi connectivity index (χ1) is 8.40. The third-order valence-electron chi connectivity index (χ3n) is 2.32. The normalized spacial score (nSPS) is 9.88. The van der Waals surface area contributed by atoms with E-state index < -0.39 is 0 Å². The van der Waals surface area contributed by atoms with E-state index in [9.17, 15) is 0 Å². The standard InChI is InChI=1S/C13H12N2OS/c17-10-14-6-2-8-16-12-4-5-13-11(9-12)3-1-7-15-13/h1,3-5,7,9H,2,6,8H2. The van der Waals surface area contributed by atoms with Gasteiger partial charge in [0, 0.05) is 18.0 Å². The predicted octanol–water partition coefficient (Wildman–Crippen LogP) is 3.11. The van der Waals surface area contributed by atoms with E-state index >= 15 is 0 Å². The van der Waals surface area contributed by atoms with E-state index in [1.54, 1.807) is 6.20 Å². The fraction of sp³-hybridized carbons (Fsp3) is 0.231. The zero-order valence-corrected chi connectivity index (χ0v) is 10.1. The van der Waals surface area contributed by atoms with E-state index in [2.05, 4.69) is 27.4 Å². The molecule has 0 atom stereocenters. The molecule has 0 fully saturated rings. The average Bonchev–Trinajstić information content (AvgIpc) is 2.38. The summed E-state index contributed by atoms with van der Waals surface area (Å²) in [4.78, 5) is 8.08. The largest absolute Gasteiger partial charge is 0.494 e. The summed E-state index contributed by atoms with van der Waals surface area (Å²) in [7, 11) is 0. The molecule has 86 valence electrons. The van der Waals surface area contributed by atoms with Gasteiger partial charge in [-0.05, 0) is 36.5 Å². The third kappa shape index (κ3) is 3.34. The number of nitrogens with zero attached hydrogens (tertiary/aromatic N) is 2. The average molecular weight is 244 g/mol. The van der Waals surface area contributed by atoms with Crippen LogP contribution >= 0.6 is 12.2 Å². The molecule has 1 aromatic carbocycles. The minimum atomic E-state index is 0.631. The maximum absolute atomic E-state index is 5.61. The number of fused-ring (bicyclic) bond motifs is 1. The zero-order chi connectivity index (χ0) is 11.9. The number of aromatic nitrogens is 1. The van der Waals surface area contributed by atoms with Crippen molar-refractivity contribution in [2.45, 2.75) is 6.42 Å². The molecule has 0 aliphatic rings. The molecule has 0 radical (unpaired) electrons. The molecule has 3 nitrogen and oxygen atoms in total. The lowest BCUT2D eigenvalue weighted by Crippen LogP contribution is -1.98. The molecule has 1 heterocycles. The van der Waals surface area contributed by atoms with Crippen LogP contribution in [0.1, 0.15) is 6.42 Å². The van der Waals surface area contributed by atoms with E-state index in [-0.39, 0.29) is 0 Å². The van der Waals surface area contributed by atoms with Crippen LogP contribution < -0.4 is 4.74 Å². The van der Waals surface area contributed by atoms with Crippen LogP contribution in [-0.2, 0) is 0 Å². The Morgan fingerprint density at radius 3 is 3.18 bits per heavy atom. The molecule has 4 heteroatoms. The molecule has 0 N–H and O–H groups in total. The van der Waals surface area contributed by atoms with Gasteiger partial charge in [0.15, 0.2) is 0 Å². The lowest BCUT2D eigenvalue weighted by Gasteiger charge is -2.05. The predicted molar refractivity (Wildman–Crippen MR) is 71.7 cm³/mol. The number of benzene rings is 1. The fourth-order valence-electron chi connectivity index (χ4n) is 1.52. The Kier molecular flexibility index (Phi) is 4.19. The van der Waals surface area contributed by atoms with Crippen molar-refractivity contribution in [3.63, 3.8) is 0 Å². The molecule has 17 heavy (non-hydrogen) atoms. The summed E-state index contributed by atoms with van der Waals surface area (Å²) in [6, 6.07) is 9.81. The number of hydrogen-bond acceptors (Lipinski definition) is 4. The van der Waals surface area contributed by atoms with Crippen LogP contribution in [0.15, 0.2) is 41.5 Å². The van der Waals surface area contributed by atoms with Gasteiger partial charge < -0.3 is 4.74 Å². The Hall–Kier alpha value is -1.77. The van der Waals surface area contributed by atoms with Crippen LogP contribution in [0.25, 0.3) is 10.9 Å². The monoisotopic (exact) mass is 244 g/mol. The van der Waals surface area contributed by atoms with E-state index in [1.165, 1.54) is 0 Å². The van der Waals surface area contributed by atoms with E-state index in [4.69, 9.17) is 4.74 Å². The fourth-order valence-corrected chi connectivity index (χ4v) is 1.61. The van der Waals surface area contributed by atoms with Crippen molar-refractivity contribution in [3.8, 4) is 5.75 Å². The van der Waals surface area contributed by atoms with E-state index in [0.29, 0.717) is 13.2 Å². The first kappa shape index (κ1) is 11.7. The molecule has 2 aromatic rings. The van der Waals surface area contributed by atoms with Crippen molar-refractivity contribution >= 4 is 28.3 Å². The molecule has 0 saturated carbocycles. The maximum atomic E-state index is 5.61. The van der Waals surface area contributed by atoms with Gasteiger partial charge in [0.05, 0.1) is 23.8 Å². The number of isothiocyanates is 1. The number of rotatable bonds is 5. The lowest BCUT2D eigenvalue weighted by molar-refractivity contribution is 0.314. The summed E-state index contributed by atoms with van der Waals surface area (Å²) in [6.45, 7) is 1.30. The summed E-state index contributed by atoms with van der Waals surface area (Å²) in [6.07, 6.45) is 2.63. The molecule has 0 amide bonds. The first-order valence-electron chi connectivity index (χ1n) is 5.41. The van der Waals surface area contributed by atoms with Crippen molar-refractivity contribution < 1.29 is 4.74 Å². The summed E-state index contributed by atoms with van der Waals surface area (Å²) >= 11 is 4.48. The molecule has 0 spiro atoms. The highest BCUT2D eigenvalue weighted by molar-refractivity contribution is 7.78. The Bertz CT molecular complexity index is 550. The Balaban J connectivity index is 1.97. The van der Waals surface area contributed by atoms with E-state index in [1.807, 2.05) is 30.3 Å². The van der Waals surface area contributed by atoms with Crippen LogP contribution in [0.4, 0.5) is 0 Å². The number of hydrogen-bond donors (Lipinski definition) is 0. The molecule has 0 unspecified atom stereocenters. The highest BCUT2D eigenvalue weighted by atomic mass is 32.1. The second-order valence-corrected chi connectivity index (χ2v) is 3.72. The summed E-state index contributed by atoms with van der Waals surface area (Å²) in [5.74, 6) is 0.858. The quantitative estimate of drug-likeness (QED) is 0.460. The van der Waals surface area contributed by atoms with E-state index in [0.717, 1.165) is 23.1 Å². The Morgan fingerprint density at radius 2 is 2.29 bits per heavy atom. The molecular weight excluding hydrogens is 232 g/mol. The second kappa shape index (κ2) is 6.09. The lowest BCUT2D eigenvalue weighted by atomic mass is 10.2. The summed E-state index contributed by atoms with van der Waals surface area (Å²) in [5, 5.41) is 3.42. The molecule has 0 aliphatic heterocycles. The number of thiocarbonyl (C=S) groups is 1. The van der Waals surface area contributed by atoms with Crippen LogP contribution in [0.2, 0.25) is 0 Å². The molecule has 0 saturated heterocycles. The SMILES string of the molecule is S=C=NCCCOc1ccc2ncccc2c1. The molecular formula is C13H12N2OS. The van der Waals surface area contributed by atoms with Gasteiger partial charge in [-0.2, -0.15) is 0 Å². The topological polar surface area (TPSA) is 34.5 Å². The smallest absolute Gasteiger partial charge is 0.120 e. The van der Waals surface area contributed by atoms with Crippen molar-refractivity contribution in [3.05, 3.63) is 36.5 Å². The van der Waals surface area contributed by atoms with Gasteiger partial charge in [0.25, 0.3) is 0 Å².